The Bertz CT molecular complexity index is 253. The molecule has 1 rings (SSSR count). The van der Waals surface area contributed by atoms with Crippen LogP contribution >= 0.6 is 0 Å². The van der Waals surface area contributed by atoms with Gasteiger partial charge in [-0.05, 0) is 44.6 Å². The SMILES string of the molecule is CC(C)C[C@H](CN)CC(=O)N1CCCCCC1C. The van der Waals surface area contributed by atoms with Gasteiger partial charge in [0.15, 0.2) is 0 Å². The number of rotatable bonds is 5. The van der Waals surface area contributed by atoms with Crippen LogP contribution in [-0.4, -0.2) is 29.9 Å². The summed E-state index contributed by atoms with van der Waals surface area (Å²) in [5, 5.41) is 0. The summed E-state index contributed by atoms with van der Waals surface area (Å²) in [4.78, 5) is 14.5. The van der Waals surface area contributed by atoms with E-state index in [2.05, 4.69) is 25.7 Å². The highest BCUT2D eigenvalue weighted by molar-refractivity contribution is 5.76. The smallest absolute Gasteiger partial charge is 0.223 e. The maximum Gasteiger partial charge on any atom is 0.223 e. The molecule has 18 heavy (non-hydrogen) atoms. The molecule has 2 N–H and O–H groups in total. The minimum absolute atomic E-state index is 0.320. The first-order chi connectivity index (χ1) is 8.54. The van der Waals surface area contributed by atoms with Crippen molar-refractivity contribution in [1.29, 1.82) is 0 Å². The van der Waals surface area contributed by atoms with E-state index >= 15 is 0 Å². The Hall–Kier alpha value is -0.570. The number of hydrogen-bond acceptors (Lipinski definition) is 2. The zero-order chi connectivity index (χ0) is 13.5. The fourth-order valence-corrected chi connectivity index (χ4v) is 2.94. The monoisotopic (exact) mass is 254 g/mol. The van der Waals surface area contributed by atoms with E-state index in [4.69, 9.17) is 5.73 Å². The highest BCUT2D eigenvalue weighted by Gasteiger charge is 2.24. The highest BCUT2D eigenvalue weighted by Crippen LogP contribution is 2.20. The minimum Gasteiger partial charge on any atom is -0.340 e. The molecule has 1 fully saturated rings. The van der Waals surface area contributed by atoms with E-state index in [1.54, 1.807) is 0 Å². The van der Waals surface area contributed by atoms with Gasteiger partial charge in [0.05, 0.1) is 0 Å². The molecule has 1 aliphatic heterocycles. The van der Waals surface area contributed by atoms with Crippen molar-refractivity contribution in [1.82, 2.24) is 4.90 Å². The van der Waals surface area contributed by atoms with Gasteiger partial charge >= 0.3 is 0 Å². The summed E-state index contributed by atoms with van der Waals surface area (Å²) < 4.78 is 0. The van der Waals surface area contributed by atoms with E-state index in [1.807, 2.05) is 0 Å². The Morgan fingerprint density at radius 3 is 2.67 bits per heavy atom. The van der Waals surface area contributed by atoms with Gasteiger partial charge in [-0.1, -0.05) is 26.7 Å². The van der Waals surface area contributed by atoms with Gasteiger partial charge in [-0.25, -0.2) is 0 Å². The average molecular weight is 254 g/mol. The third-order valence-corrected chi connectivity index (χ3v) is 3.97. The average Bonchev–Trinajstić information content (AvgIpc) is 2.52. The Balaban J connectivity index is 2.50. The van der Waals surface area contributed by atoms with Gasteiger partial charge in [0.25, 0.3) is 0 Å². The molecule has 1 amide bonds. The Morgan fingerprint density at radius 1 is 1.33 bits per heavy atom. The fourth-order valence-electron chi connectivity index (χ4n) is 2.94. The quantitative estimate of drug-likeness (QED) is 0.820. The van der Waals surface area contributed by atoms with Gasteiger partial charge in [0, 0.05) is 19.0 Å². The largest absolute Gasteiger partial charge is 0.340 e. The van der Waals surface area contributed by atoms with Gasteiger partial charge < -0.3 is 10.6 Å². The van der Waals surface area contributed by atoms with Gasteiger partial charge in [0.1, 0.15) is 0 Å². The zero-order valence-corrected chi connectivity index (χ0v) is 12.3. The first-order valence-electron chi connectivity index (χ1n) is 7.54. The van der Waals surface area contributed by atoms with Crippen LogP contribution in [-0.2, 0) is 4.79 Å². The van der Waals surface area contributed by atoms with E-state index in [0.29, 0.717) is 36.8 Å². The molecular formula is C15H30N2O. The molecule has 1 unspecified atom stereocenters. The molecule has 0 bridgehead atoms. The Morgan fingerprint density at radius 2 is 2.06 bits per heavy atom. The number of carbonyl (C=O) groups is 1. The lowest BCUT2D eigenvalue weighted by Gasteiger charge is -2.29. The summed E-state index contributed by atoms with van der Waals surface area (Å²) >= 11 is 0. The maximum atomic E-state index is 12.4. The molecule has 0 aliphatic carbocycles. The van der Waals surface area contributed by atoms with Crippen molar-refractivity contribution >= 4 is 5.91 Å². The molecule has 3 nitrogen and oxygen atoms in total. The Labute approximate surface area is 112 Å². The van der Waals surface area contributed by atoms with Crippen molar-refractivity contribution in [3.63, 3.8) is 0 Å². The molecule has 0 aromatic rings. The van der Waals surface area contributed by atoms with Crippen LogP contribution in [0.25, 0.3) is 0 Å². The lowest BCUT2D eigenvalue weighted by Crippen LogP contribution is -2.39. The van der Waals surface area contributed by atoms with Crippen molar-refractivity contribution in [2.75, 3.05) is 13.1 Å². The molecule has 3 heteroatoms. The molecule has 2 atom stereocenters. The third-order valence-electron chi connectivity index (χ3n) is 3.97. The summed E-state index contributed by atoms with van der Waals surface area (Å²) in [5.74, 6) is 1.29. The lowest BCUT2D eigenvalue weighted by molar-refractivity contribution is -0.134. The predicted octanol–water partition coefficient (Wildman–Crippen LogP) is 2.79. The van der Waals surface area contributed by atoms with Crippen LogP contribution in [0.2, 0.25) is 0 Å². The second-order valence-electron chi connectivity index (χ2n) is 6.22. The summed E-state index contributed by atoms with van der Waals surface area (Å²) in [5.41, 5.74) is 5.79. The van der Waals surface area contributed by atoms with E-state index in [9.17, 15) is 4.79 Å². The predicted molar refractivity (Wildman–Crippen MR) is 76.3 cm³/mol. The first-order valence-corrected chi connectivity index (χ1v) is 7.54. The van der Waals surface area contributed by atoms with Gasteiger partial charge in [-0.3, -0.25) is 4.79 Å². The number of carbonyl (C=O) groups excluding carboxylic acids is 1. The van der Waals surface area contributed by atoms with Crippen molar-refractivity contribution in [3.8, 4) is 0 Å². The molecular weight excluding hydrogens is 224 g/mol. The molecule has 1 aliphatic rings. The minimum atomic E-state index is 0.320. The van der Waals surface area contributed by atoms with Crippen LogP contribution < -0.4 is 5.73 Å². The third kappa shape index (κ3) is 4.97. The van der Waals surface area contributed by atoms with Crippen LogP contribution in [0.1, 0.15) is 59.3 Å². The van der Waals surface area contributed by atoms with Gasteiger partial charge in [0.2, 0.25) is 5.91 Å². The van der Waals surface area contributed by atoms with E-state index < -0.39 is 0 Å². The van der Waals surface area contributed by atoms with Crippen molar-refractivity contribution in [2.24, 2.45) is 17.6 Å². The van der Waals surface area contributed by atoms with Crippen LogP contribution in [0.5, 0.6) is 0 Å². The molecule has 0 aromatic carbocycles. The molecule has 0 aromatic heterocycles. The Kier molecular flexibility index (Phi) is 6.69. The number of amides is 1. The van der Waals surface area contributed by atoms with Crippen molar-refractivity contribution < 1.29 is 4.79 Å². The normalized spacial score (nSPS) is 22.9. The van der Waals surface area contributed by atoms with E-state index in [-0.39, 0.29) is 0 Å². The number of nitrogens with zero attached hydrogens (tertiary/aromatic N) is 1. The van der Waals surface area contributed by atoms with Crippen LogP contribution in [0.3, 0.4) is 0 Å². The molecule has 0 saturated carbocycles. The van der Waals surface area contributed by atoms with Crippen molar-refractivity contribution in [2.45, 2.75) is 65.3 Å². The second kappa shape index (κ2) is 7.78. The molecule has 0 radical (unpaired) electrons. The van der Waals surface area contributed by atoms with Gasteiger partial charge in [-0.2, -0.15) is 0 Å². The first kappa shape index (κ1) is 15.5. The number of likely N-dealkylation sites (tertiary alicyclic amines) is 1. The molecule has 1 saturated heterocycles. The van der Waals surface area contributed by atoms with Gasteiger partial charge in [-0.15, -0.1) is 0 Å². The fraction of sp³-hybridized carbons (Fsp3) is 0.933. The number of hydrogen-bond donors (Lipinski definition) is 1. The summed E-state index contributed by atoms with van der Waals surface area (Å²) in [6.45, 7) is 8.15. The zero-order valence-electron chi connectivity index (χ0n) is 12.3. The summed E-state index contributed by atoms with van der Waals surface area (Å²) in [6, 6.07) is 0.414. The topological polar surface area (TPSA) is 46.3 Å². The van der Waals surface area contributed by atoms with Crippen LogP contribution in [0.15, 0.2) is 0 Å². The number of nitrogens with two attached hydrogens (primary N) is 1. The highest BCUT2D eigenvalue weighted by atomic mass is 16.2. The summed E-state index contributed by atoms with van der Waals surface area (Å²) in [6.07, 6.45) is 6.54. The second-order valence-corrected chi connectivity index (χ2v) is 6.22. The lowest BCUT2D eigenvalue weighted by atomic mass is 9.93. The molecule has 0 spiro atoms. The molecule has 1 heterocycles. The maximum absolute atomic E-state index is 12.4. The van der Waals surface area contributed by atoms with E-state index in [1.165, 1.54) is 12.8 Å². The van der Waals surface area contributed by atoms with Crippen LogP contribution in [0, 0.1) is 11.8 Å². The van der Waals surface area contributed by atoms with E-state index in [0.717, 1.165) is 25.8 Å². The summed E-state index contributed by atoms with van der Waals surface area (Å²) in [7, 11) is 0. The van der Waals surface area contributed by atoms with Crippen LogP contribution in [0.4, 0.5) is 0 Å². The molecule has 106 valence electrons. The standard InChI is InChI=1S/C15H30N2O/c1-12(2)9-14(11-16)10-15(18)17-8-6-4-5-7-13(17)3/h12-14H,4-11,16H2,1-3H3/t13?,14-/m0/s1. The van der Waals surface area contributed by atoms with Crippen molar-refractivity contribution in [3.05, 3.63) is 0 Å².